The van der Waals surface area contributed by atoms with E-state index < -0.39 is 0 Å². The fourth-order valence-corrected chi connectivity index (χ4v) is 1.74. The SMILES string of the molecule is CC(C)CN(C)C(CN)CC(=O)NC(C)C. The number of carbonyl (C=O) groups is 1. The highest BCUT2D eigenvalue weighted by atomic mass is 16.1. The van der Waals surface area contributed by atoms with E-state index >= 15 is 0 Å². The van der Waals surface area contributed by atoms with Gasteiger partial charge in [-0.15, -0.1) is 0 Å². The number of nitrogens with two attached hydrogens (primary N) is 1. The molecule has 0 aliphatic carbocycles. The summed E-state index contributed by atoms with van der Waals surface area (Å²) in [6.45, 7) is 9.75. The van der Waals surface area contributed by atoms with E-state index in [1.165, 1.54) is 0 Å². The third kappa shape index (κ3) is 6.80. The van der Waals surface area contributed by atoms with Gasteiger partial charge in [-0.2, -0.15) is 0 Å². The highest BCUT2D eigenvalue weighted by Gasteiger charge is 2.18. The molecule has 1 atom stereocenters. The van der Waals surface area contributed by atoms with Crippen molar-refractivity contribution in [2.75, 3.05) is 20.1 Å². The fourth-order valence-electron chi connectivity index (χ4n) is 1.74. The molecule has 0 spiro atoms. The second-order valence-corrected chi connectivity index (χ2v) is 5.15. The van der Waals surface area contributed by atoms with Crippen LogP contribution in [0.4, 0.5) is 0 Å². The summed E-state index contributed by atoms with van der Waals surface area (Å²) < 4.78 is 0. The number of hydrogen-bond donors (Lipinski definition) is 2. The normalized spacial score (nSPS) is 13.6. The Bertz CT molecular complexity index is 204. The topological polar surface area (TPSA) is 58.4 Å². The molecule has 0 aromatic heterocycles. The van der Waals surface area contributed by atoms with E-state index in [0.717, 1.165) is 6.54 Å². The van der Waals surface area contributed by atoms with Crippen molar-refractivity contribution in [2.45, 2.75) is 46.2 Å². The molecule has 16 heavy (non-hydrogen) atoms. The third-order valence-corrected chi connectivity index (χ3v) is 2.42. The van der Waals surface area contributed by atoms with Gasteiger partial charge in [0.1, 0.15) is 0 Å². The maximum atomic E-state index is 11.6. The zero-order valence-electron chi connectivity index (χ0n) is 11.3. The van der Waals surface area contributed by atoms with Crippen LogP contribution in [0.2, 0.25) is 0 Å². The van der Waals surface area contributed by atoms with Crippen molar-refractivity contribution in [3.8, 4) is 0 Å². The Morgan fingerprint density at radius 1 is 1.31 bits per heavy atom. The van der Waals surface area contributed by atoms with E-state index in [1.54, 1.807) is 0 Å². The van der Waals surface area contributed by atoms with Crippen molar-refractivity contribution in [3.05, 3.63) is 0 Å². The summed E-state index contributed by atoms with van der Waals surface area (Å²) >= 11 is 0. The Balaban J connectivity index is 4.12. The maximum Gasteiger partial charge on any atom is 0.221 e. The average Bonchev–Trinajstić information content (AvgIpc) is 2.11. The van der Waals surface area contributed by atoms with Crippen molar-refractivity contribution >= 4 is 5.91 Å². The standard InChI is InChI=1S/C12H27N3O/c1-9(2)8-15(5)11(7-13)6-12(16)14-10(3)4/h9-11H,6-8,13H2,1-5H3,(H,14,16). The van der Waals surface area contributed by atoms with Crippen LogP contribution in [0.1, 0.15) is 34.1 Å². The summed E-state index contributed by atoms with van der Waals surface area (Å²) in [5.41, 5.74) is 5.71. The zero-order valence-corrected chi connectivity index (χ0v) is 11.3. The van der Waals surface area contributed by atoms with Crippen LogP contribution in [0.5, 0.6) is 0 Å². The zero-order chi connectivity index (χ0) is 12.7. The lowest BCUT2D eigenvalue weighted by Gasteiger charge is -2.28. The number of likely N-dealkylation sites (N-methyl/N-ethyl adjacent to an activating group) is 1. The highest BCUT2D eigenvalue weighted by Crippen LogP contribution is 2.04. The molecule has 1 amide bonds. The lowest BCUT2D eigenvalue weighted by molar-refractivity contribution is -0.122. The van der Waals surface area contributed by atoms with Gasteiger partial charge >= 0.3 is 0 Å². The molecule has 0 heterocycles. The third-order valence-electron chi connectivity index (χ3n) is 2.42. The van der Waals surface area contributed by atoms with Crippen LogP contribution in [0.3, 0.4) is 0 Å². The Kier molecular flexibility index (Phi) is 7.34. The van der Waals surface area contributed by atoms with Gasteiger partial charge in [-0.05, 0) is 26.8 Å². The van der Waals surface area contributed by atoms with Gasteiger partial charge in [-0.3, -0.25) is 4.79 Å². The molecule has 0 saturated heterocycles. The number of rotatable bonds is 7. The minimum Gasteiger partial charge on any atom is -0.354 e. The van der Waals surface area contributed by atoms with Gasteiger partial charge in [0.2, 0.25) is 5.91 Å². The molecular weight excluding hydrogens is 202 g/mol. The molecule has 96 valence electrons. The molecule has 0 saturated carbocycles. The predicted octanol–water partition coefficient (Wildman–Crippen LogP) is 0.816. The van der Waals surface area contributed by atoms with Crippen molar-refractivity contribution in [1.29, 1.82) is 0 Å². The molecular formula is C12H27N3O. The molecule has 0 aliphatic rings. The summed E-state index contributed by atoms with van der Waals surface area (Å²) in [5.74, 6) is 0.674. The van der Waals surface area contributed by atoms with E-state index in [4.69, 9.17) is 5.73 Å². The van der Waals surface area contributed by atoms with Crippen molar-refractivity contribution < 1.29 is 4.79 Å². The summed E-state index contributed by atoms with van der Waals surface area (Å²) in [7, 11) is 2.03. The average molecular weight is 229 g/mol. The Hall–Kier alpha value is -0.610. The number of hydrogen-bond acceptors (Lipinski definition) is 3. The molecule has 0 aromatic carbocycles. The molecule has 0 bridgehead atoms. The van der Waals surface area contributed by atoms with Crippen molar-refractivity contribution in [1.82, 2.24) is 10.2 Å². The van der Waals surface area contributed by atoms with Crippen LogP contribution < -0.4 is 11.1 Å². The van der Waals surface area contributed by atoms with Gasteiger partial charge in [-0.1, -0.05) is 13.8 Å². The van der Waals surface area contributed by atoms with Gasteiger partial charge in [-0.25, -0.2) is 0 Å². The molecule has 3 N–H and O–H groups in total. The number of carbonyl (C=O) groups excluding carboxylic acids is 1. The number of nitrogens with zero attached hydrogens (tertiary/aromatic N) is 1. The minimum atomic E-state index is 0.0843. The Morgan fingerprint density at radius 3 is 2.25 bits per heavy atom. The molecule has 0 fully saturated rings. The largest absolute Gasteiger partial charge is 0.354 e. The van der Waals surface area contributed by atoms with E-state index in [2.05, 4.69) is 24.1 Å². The molecule has 0 aromatic rings. The first-order valence-corrected chi connectivity index (χ1v) is 6.06. The summed E-state index contributed by atoms with van der Waals surface area (Å²) in [6, 6.07) is 0.336. The van der Waals surface area contributed by atoms with Crippen LogP contribution in [0, 0.1) is 5.92 Å². The van der Waals surface area contributed by atoms with E-state index in [1.807, 2.05) is 20.9 Å². The quantitative estimate of drug-likeness (QED) is 0.679. The van der Waals surface area contributed by atoms with Crippen molar-refractivity contribution in [2.24, 2.45) is 11.7 Å². The second kappa shape index (κ2) is 7.63. The first-order valence-electron chi connectivity index (χ1n) is 6.06. The maximum absolute atomic E-state index is 11.6. The fraction of sp³-hybridized carbons (Fsp3) is 0.917. The first kappa shape index (κ1) is 15.4. The predicted molar refractivity (Wildman–Crippen MR) is 68.2 cm³/mol. The lowest BCUT2D eigenvalue weighted by atomic mass is 10.1. The van der Waals surface area contributed by atoms with Crippen molar-refractivity contribution in [3.63, 3.8) is 0 Å². The first-order chi connectivity index (χ1) is 7.36. The van der Waals surface area contributed by atoms with E-state index in [-0.39, 0.29) is 18.0 Å². The van der Waals surface area contributed by atoms with Crippen LogP contribution >= 0.6 is 0 Å². The Morgan fingerprint density at radius 2 is 1.88 bits per heavy atom. The smallest absolute Gasteiger partial charge is 0.221 e. The van der Waals surface area contributed by atoms with E-state index in [0.29, 0.717) is 18.9 Å². The van der Waals surface area contributed by atoms with E-state index in [9.17, 15) is 4.79 Å². The van der Waals surface area contributed by atoms with Gasteiger partial charge in [0.25, 0.3) is 0 Å². The van der Waals surface area contributed by atoms with Crippen LogP contribution in [0.15, 0.2) is 0 Å². The molecule has 0 aliphatic heterocycles. The van der Waals surface area contributed by atoms with Crippen LogP contribution in [-0.4, -0.2) is 43.0 Å². The Labute approximate surface area is 99.6 Å². The summed E-state index contributed by atoms with van der Waals surface area (Å²) in [4.78, 5) is 13.8. The van der Waals surface area contributed by atoms with Crippen LogP contribution in [-0.2, 0) is 4.79 Å². The summed E-state index contributed by atoms with van der Waals surface area (Å²) in [6.07, 6.45) is 0.484. The monoisotopic (exact) mass is 229 g/mol. The minimum absolute atomic E-state index is 0.0843. The summed E-state index contributed by atoms with van der Waals surface area (Å²) in [5, 5.41) is 2.89. The molecule has 0 rings (SSSR count). The molecule has 1 unspecified atom stereocenters. The van der Waals surface area contributed by atoms with Gasteiger partial charge in [0, 0.05) is 31.6 Å². The highest BCUT2D eigenvalue weighted by molar-refractivity contribution is 5.76. The molecule has 4 nitrogen and oxygen atoms in total. The van der Waals surface area contributed by atoms with Gasteiger partial charge < -0.3 is 16.0 Å². The molecule has 0 radical (unpaired) electrons. The number of amides is 1. The number of nitrogens with one attached hydrogen (secondary N) is 1. The van der Waals surface area contributed by atoms with Crippen LogP contribution in [0.25, 0.3) is 0 Å². The van der Waals surface area contributed by atoms with Gasteiger partial charge in [0.15, 0.2) is 0 Å². The second-order valence-electron chi connectivity index (χ2n) is 5.15. The molecule has 4 heteroatoms. The lowest BCUT2D eigenvalue weighted by Crippen LogP contribution is -2.44. The van der Waals surface area contributed by atoms with Gasteiger partial charge in [0.05, 0.1) is 0 Å².